The zero-order chi connectivity index (χ0) is 37.3. The van der Waals surface area contributed by atoms with E-state index in [1.54, 1.807) is 21.1 Å². The van der Waals surface area contributed by atoms with Crippen molar-refractivity contribution in [3.05, 3.63) is 118 Å². The zero-order valence-corrected chi connectivity index (χ0v) is 30.8. The molecule has 2 aliphatic rings. The molecule has 2 heterocycles. The van der Waals surface area contributed by atoms with Gasteiger partial charge in [0.15, 0.2) is 17.8 Å². The molecule has 0 aliphatic carbocycles. The van der Waals surface area contributed by atoms with Crippen LogP contribution in [0.1, 0.15) is 59.6 Å². The van der Waals surface area contributed by atoms with Crippen molar-refractivity contribution in [1.29, 1.82) is 0 Å². The summed E-state index contributed by atoms with van der Waals surface area (Å²) in [5, 5.41) is 15.0. The van der Waals surface area contributed by atoms with Gasteiger partial charge in [-0.05, 0) is 76.6 Å². The number of nitrogens with one attached hydrogen (secondary N) is 2. The molecule has 1 saturated heterocycles. The van der Waals surface area contributed by atoms with Gasteiger partial charge in [0, 0.05) is 37.7 Å². The lowest BCUT2D eigenvalue weighted by atomic mass is 9.89. The first kappa shape index (κ1) is 37.8. The van der Waals surface area contributed by atoms with E-state index in [2.05, 4.69) is 40.7 Å². The van der Waals surface area contributed by atoms with Crippen LogP contribution in [0.3, 0.4) is 0 Å². The number of rotatable bonds is 13. The van der Waals surface area contributed by atoms with E-state index >= 15 is 0 Å². The largest absolute Gasteiger partial charge is 0.493 e. The lowest BCUT2D eigenvalue weighted by molar-refractivity contribution is -0.276. The monoisotopic (exact) mass is 723 g/mol. The number of urea groups is 1. The topological polar surface area (TPSA) is 128 Å². The lowest BCUT2D eigenvalue weighted by Crippen LogP contribution is -2.45. The second-order valence-electron chi connectivity index (χ2n) is 13.5. The van der Waals surface area contributed by atoms with Crippen molar-refractivity contribution >= 4 is 12.0 Å². The molecule has 0 bridgehead atoms. The van der Waals surface area contributed by atoms with E-state index in [1.165, 1.54) is 11.1 Å². The molecule has 6 rings (SSSR count). The van der Waals surface area contributed by atoms with Gasteiger partial charge in [0.2, 0.25) is 0 Å². The second-order valence-corrected chi connectivity index (χ2v) is 13.5. The number of hydrogen-bond donors (Lipinski definition) is 3. The second kappa shape index (κ2) is 17.7. The van der Waals surface area contributed by atoms with Crippen LogP contribution in [0.5, 0.6) is 11.5 Å². The molecule has 4 aromatic rings. The molecule has 1 fully saturated rings. The highest BCUT2D eigenvalue weighted by molar-refractivity contribution is 5.80. The van der Waals surface area contributed by atoms with E-state index in [1.807, 2.05) is 66.7 Å². The highest BCUT2D eigenvalue weighted by Crippen LogP contribution is 2.43. The molecule has 0 radical (unpaired) electrons. The Balaban J connectivity index is 1.20. The van der Waals surface area contributed by atoms with Gasteiger partial charge in [-0.3, -0.25) is 9.69 Å². The lowest BCUT2D eigenvalue weighted by Gasteiger charge is -2.43. The highest BCUT2D eigenvalue weighted by Gasteiger charge is 2.39. The molecule has 11 nitrogen and oxygen atoms in total. The maximum Gasteiger partial charge on any atom is 0.325 e. The summed E-state index contributed by atoms with van der Waals surface area (Å²) in [7, 11) is 3.33. The number of carbonyl (C=O) groups excluding carboxylic acids is 2. The number of carbonyl (C=O) groups is 2. The van der Waals surface area contributed by atoms with Crippen molar-refractivity contribution in [3.8, 4) is 22.6 Å². The first-order valence-electron chi connectivity index (χ1n) is 18.1. The maximum absolute atomic E-state index is 12.3. The standard InChI is InChI=1S/C42H49N3O8/c1-5-51-39(47)23-44-42(48)43-22-29-8-6-9-31(18-29)32-10-7-11-34(19-32)41-52-38(27(2)40(53-41)30-14-12-28(26-46)13-15-30)25-45-17-16-33-20-36(49-3)37(50-4)21-35(33)24-45/h6-15,18-21,27,38,40-41,46H,5,16-17,22-26H2,1-4H3,(H2,43,44,48)/t27-,38+,40+,41+/m0/s1. The van der Waals surface area contributed by atoms with Crippen LogP contribution in [0.4, 0.5) is 4.79 Å². The molecule has 11 heteroatoms. The number of methoxy groups -OCH3 is 2. The molecule has 2 aliphatic heterocycles. The van der Waals surface area contributed by atoms with Gasteiger partial charge in [-0.1, -0.05) is 67.6 Å². The fourth-order valence-electron chi connectivity index (χ4n) is 7.02. The van der Waals surface area contributed by atoms with Crippen molar-refractivity contribution in [3.63, 3.8) is 0 Å². The minimum absolute atomic E-state index is 0.0183. The number of nitrogens with zero attached hydrogens (tertiary/aromatic N) is 1. The molecule has 0 saturated carbocycles. The van der Waals surface area contributed by atoms with Crippen LogP contribution in [0.2, 0.25) is 0 Å². The quantitative estimate of drug-likeness (QED) is 0.141. The Morgan fingerprint density at radius 3 is 2.28 bits per heavy atom. The van der Waals surface area contributed by atoms with Gasteiger partial charge >= 0.3 is 12.0 Å². The summed E-state index contributed by atoms with van der Waals surface area (Å²) >= 11 is 0. The number of ether oxygens (including phenoxy) is 5. The van der Waals surface area contributed by atoms with Crippen molar-refractivity contribution in [2.45, 2.75) is 58.5 Å². The maximum atomic E-state index is 12.3. The van der Waals surface area contributed by atoms with Gasteiger partial charge < -0.3 is 39.4 Å². The predicted molar refractivity (Wildman–Crippen MR) is 200 cm³/mol. The van der Waals surface area contributed by atoms with Crippen LogP contribution < -0.4 is 20.1 Å². The van der Waals surface area contributed by atoms with Gasteiger partial charge in [-0.15, -0.1) is 0 Å². The third-order valence-electron chi connectivity index (χ3n) is 9.93. The van der Waals surface area contributed by atoms with Crippen molar-refractivity contribution in [1.82, 2.24) is 15.5 Å². The van der Waals surface area contributed by atoms with Gasteiger partial charge in [0.25, 0.3) is 0 Å². The summed E-state index contributed by atoms with van der Waals surface area (Å²) in [6.45, 7) is 6.63. The van der Waals surface area contributed by atoms with E-state index < -0.39 is 18.3 Å². The van der Waals surface area contributed by atoms with Crippen LogP contribution in [-0.4, -0.2) is 68.6 Å². The Hall–Kier alpha value is -4.94. The average molecular weight is 724 g/mol. The van der Waals surface area contributed by atoms with E-state index in [4.69, 9.17) is 23.7 Å². The number of fused-ring (bicyclic) bond motifs is 1. The SMILES string of the molecule is CCOC(=O)CNC(=O)NCc1cccc(-c2cccc([C@@H]3O[C@H](CN4CCc5cc(OC)c(OC)cc5C4)[C@H](C)[C@H](c4ccc(CO)cc4)O3)c2)c1. The van der Waals surface area contributed by atoms with Crippen molar-refractivity contribution in [2.75, 3.05) is 40.5 Å². The van der Waals surface area contributed by atoms with E-state index in [0.717, 1.165) is 70.9 Å². The third kappa shape index (κ3) is 9.36. The Kier molecular flexibility index (Phi) is 12.6. The number of aliphatic hydroxyl groups is 1. The van der Waals surface area contributed by atoms with Crippen molar-refractivity contribution in [2.24, 2.45) is 5.92 Å². The number of esters is 1. The van der Waals surface area contributed by atoms with Crippen LogP contribution in [0, 0.1) is 5.92 Å². The molecule has 4 atom stereocenters. The minimum atomic E-state index is -0.618. The fourth-order valence-corrected chi connectivity index (χ4v) is 7.02. The molecule has 53 heavy (non-hydrogen) atoms. The Labute approximate surface area is 311 Å². The van der Waals surface area contributed by atoms with Gasteiger partial charge in [0.1, 0.15) is 6.54 Å². The number of hydrogen-bond acceptors (Lipinski definition) is 9. The summed E-state index contributed by atoms with van der Waals surface area (Å²) in [5.74, 6) is 1.04. The Bertz CT molecular complexity index is 1870. The van der Waals surface area contributed by atoms with E-state index in [9.17, 15) is 14.7 Å². The smallest absolute Gasteiger partial charge is 0.325 e. The molecule has 3 N–H and O–H groups in total. The number of amides is 2. The molecule has 280 valence electrons. The number of aliphatic hydroxyl groups excluding tert-OH is 1. The summed E-state index contributed by atoms with van der Waals surface area (Å²) in [4.78, 5) is 26.3. The molecule has 0 unspecified atom stereocenters. The molecular formula is C42H49N3O8. The van der Waals surface area contributed by atoms with Gasteiger partial charge in [-0.2, -0.15) is 0 Å². The van der Waals surface area contributed by atoms with Crippen molar-refractivity contribution < 1.29 is 38.4 Å². The first-order chi connectivity index (χ1) is 25.8. The normalized spacial score (nSPS) is 19.9. The summed E-state index contributed by atoms with van der Waals surface area (Å²) in [6, 6.07) is 27.8. The average Bonchev–Trinajstić information content (AvgIpc) is 3.19. The summed E-state index contributed by atoms with van der Waals surface area (Å²) in [5.41, 5.74) is 8.16. The van der Waals surface area contributed by atoms with Crippen LogP contribution >= 0.6 is 0 Å². The molecular weight excluding hydrogens is 674 g/mol. The first-order valence-corrected chi connectivity index (χ1v) is 18.1. The van der Waals surface area contributed by atoms with E-state index in [-0.39, 0.29) is 44.4 Å². The molecule has 4 aromatic carbocycles. The molecule has 2 amide bonds. The Morgan fingerprint density at radius 1 is 0.849 bits per heavy atom. The third-order valence-corrected chi connectivity index (χ3v) is 9.93. The molecule has 0 spiro atoms. The minimum Gasteiger partial charge on any atom is -0.493 e. The van der Waals surface area contributed by atoms with E-state index in [0.29, 0.717) is 0 Å². The van der Waals surface area contributed by atoms with Crippen LogP contribution in [-0.2, 0) is 45.1 Å². The fraction of sp³-hybridized carbons (Fsp3) is 0.381. The summed E-state index contributed by atoms with van der Waals surface area (Å²) < 4.78 is 29.7. The predicted octanol–water partition coefficient (Wildman–Crippen LogP) is 6.08. The number of benzene rings is 4. The summed E-state index contributed by atoms with van der Waals surface area (Å²) in [6.07, 6.45) is -0.0857. The van der Waals surface area contributed by atoms with Crippen LogP contribution in [0.25, 0.3) is 11.1 Å². The van der Waals surface area contributed by atoms with Gasteiger partial charge in [0.05, 0.1) is 39.6 Å². The molecule has 0 aromatic heterocycles. The van der Waals surface area contributed by atoms with Crippen LogP contribution in [0.15, 0.2) is 84.9 Å². The highest BCUT2D eigenvalue weighted by atomic mass is 16.7. The Morgan fingerprint density at radius 2 is 1.57 bits per heavy atom. The zero-order valence-electron chi connectivity index (χ0n) is 30.8. The van der Waals surface area contributed by atoms with Gasteiger partial charge in [-0.25, -0.2) is 4.79 Å².